The molecule has 0 saturated carbocycles. The molecule has 0 saturated heterocycles. The third kappa shape index (κ3) is 2.92. The summed E-state index contributed by atoms with van der Waals surface area (Å²) in [7, 11) is 0. The van der Waals surface area contributed by atoms with Crippen molar-refractivity contribution in [3.05, 3.63) is 47.4 Å². The number of hydrogen-bond donors (Lipinski definition) is 0. The third-order valence-electron chi connectivity index (χ3n) is 2.46. The molecule has 6 heteroatoms. The van der Waals surface area contributed by atoms with E-state index in [1.165, 1.54) is 0 Å². The second kappa shape index (κ2) is 5.73. The summed E-state index contributed by atoms with van der Waals surface area (Å²) >= 11 is 5.69. The summed E-state index contributed by atoms with van der Waals surface area (Å²) in [6, 6.07) is 5.60. The highest BCUT2D eigenvalue weighted by atomic mass is 35.5. The van der Waals surface area contributed by atoms with Gasteiger partial charge >= 0.3 is 0 Å². The van der Waals surface area contributed by atoms with Crippen LogP contribution in [-0.4, -0.2) is 21.5 Å². The minimum Gasteiger partial charge on any atom is -0.348 e. The molecule has 0 aliphatic heterocycles. The van der Waals surface area contributed by atoms with Crippen LogP contribution in [0.15, 0.2) is 30.6 Å². The molecule has 0 aromatic carbocycles. The lowest BCUT2D eigenvalue weighted by Crippen LogP contribution is -2.25. The van der Waals surface area contributed by atoms with Gasteiger partial charge in [0.15, 0.2) is 11.6 Å². The summed E-state index contributed by atoms with van der Waals surface area (Å²) in [5, 5.41) is 0.0332. The zero-order valence-corrected chi connectivity index (χ0v) is 10.6. The summed E-state index contributed by atoms with van der Waals surface area (Å²) in [6.07, 6.45) is 2.78. The maximum Gasteiger partial charge on any atom is 0.224 e. The van der Waals surface area contributed by atoms with Crippen molar-refractivity contribution in [3.8, 4) is 0 Å². The molecule has 0 spiro atoms. The van der Waals surface area contributed by atoms with Gasteiger partial charge in [-0.05, 0) is 30.7 Å². The molecule has 0 fully saturated rings. The fourth-order valence-electron chi connectivity index (χ4n) is 1.58. The van der Waals surface area contributed by atoms with Crippen LogP contribution in [-0.2, 0) is 6.54 Å². The first-order valence-electron chi connectivity index (χ1n) is 5.53. The highest BCUT2D eigenvalue weighted by Crippen LogP contribution is 2.18. The van der Waals surface area contributed by atoms with Crippen molar-refractivity contribution in [2.75, 3.05) is 11.4 Å². The molecular weight excluding hydrogens is 255 g/mol. The van der Waals surface area contributed by atoms with E-state index < -0.39 is 5.82 Å². The monoisotopic (exact) mass is 266 g/mol. The molecule has 0 atom stereocenters. The molecule has 18 heavy (non-hydrogen) atoms. The van der Waals surface area contributed by atoms with Crippen molar-refractivity contribution in [3.63, 3.8) is 0 Å². The molecule has 0 radical (unpaired) electrons. The van der Waals surface area contributed by atoms with Crippen molar-refractivity contribution < 1.29 is 4.39 Å². The molecule has 2 aromatic heterocycles. The van der Waals surface area contributed by atoms with Gasteiger partial charge in [0, 0.05) is 12.7 Å². The van der Waals surface area contributed by atoms with Crippen LogP contribution in [0.25, 0.3) is 0 Å². The Balaban J connectivity index is 2.26. The molecular formula is C12H12ClFN4. The van der Waals surface area contributed by atoms with Crippen LogP contribution in [0.3, 0.4) is 0 Å². The van der Waals surface area contributed by atoms with Crippen LogP contribution in [0.5, 0.6) is 0 Å². The van der Waals surface area contributed by atoms with Gasteiger partial charge in [-0.1, -0.05) is 6.07 Å². The molecule has 0 aliphatic rings. The van der Waals surface area contributed by atoms with E-state index in [-0.39, 0.29) is 11.1 Å². The van der Waals surface area contributed by atoms with Gasteiger partial charge in [-0.3, -0.25) is 4.98 Å². The van der Waals surface area contributed by atoms with E-state index in [1.807, 2.05) is 25.1 Å². The number of aromatic nitrogens is 3. The topological polar surface area (TPSA) is 41.9 Å². The summed E-state index contributed by atoms with van der Waals surface area (Å²) in [5.74, 6) is -0.291. The second-order valence-electron chi connectivity index (χ2n) is 3.65. The lowest BCUT2D eigenvalue weighted by Gasteiger charge is -2.21. The van der Waals surface area contributed by atoms with Crippen molar-refractivity contribution in [1.82, 2.24) is 15.0 Å². The maximum absolute atomic E-state index is 13.7. The molecule has 0 N–H and O–H groups in total. The Hall–Kier alpha value is -1.75. The smallest absolute Gasteiger partial charge is 0.224 e. The number of halogens is 2. The second-order valence-corrected chi connectivity index (χ2v) is 3.98. The minimum atomic E-state index is -0.489. The highest BCUT2D eigenvalue weighted by Gasteiger charge is 2.14. The van der Waals surface area contributed by atoms with E-state index in [9.17, 15) is 4.39 Å². The van der Waals surface area contributed by atoms with Crippen LogP contribution in [0, 0.1) is 5.82 Å². The lowest BCUT2D eigenvalue weighted by molar-refractivity contribution is 0.601. The number of pyridine rings is 1. The van der Waals surface area contributed by atoms with Crippen molar-refractivity contribution >= 4 is 17.4 Å². The Labute approximate surface area is 109 Å². The van der Waals surface area contributed by atoms with Crippen LogP contribution in [0.1, 0.15) is 12.6 Å². The zero-order chi connectivity index (χ0) is 13.0. The molecule has 0 aliphatic carbocycles. The Morgan fingerprint density at radius 2 is 2.17 bits per heavy atom. The first-order valence-corrected chi connectivity index (χ1v) is 5.91. The van der Waals surface area contributed by atoms with Crippen molar-refractivity contribution in [2.45, 2.75) is 13.5 Å². The summed E-state index contributed by atoms with van der Waals surface area (Å²) in [4.78, 5) is 13.5. The summed E-state index contributed by atoms with van der Waals surface area (Å²) in [6.45, 7) is 2.99. The van der Waals surface area contributed by atoms with E-state index in [2.05, 4.69) is 15.0 Å². The van der Waals surface area contributed by atoms with E-state index in [1.54, 1.807) is 11.1 Å². The Morgan fingerprint density at radius 3 is 2.83 bits per heavy atom. The van der Waals surface area contributed by atoms with Gasteiger partial charge in [-0.15, -0.1) is 0 Å². The first-order chi connectivity index (χ1) is 8.70. The van der Waals surface area contributed by atoms with Crippen LogP contribution in [0.2, 0.25) is 5.28 Å². The molecule has 0 amide bonds. The minimum absolute atomic E-state index is 0.0332. The lowest BCUT2D eigenvalue weighted by atomic mass is 10.3. The standard InChI is InChI=1S/C12H12ClFN4/c1-2-18(8-9-5-3-4-6-15-9)11-10(14)7-16-12(13)17-11/h3-7H,2,8H2,1H3. The normalized spacial score (nSPS) is 10.4. The fraction of sp³-hybridized carbons (Fsp3) is 0.250. The third-order valence-corrected chi connectivity index (χ3v) is 2.64. The van der Waals surface area contributed by atoms with Crippen molar-refractivity contribution in [2.24, 2.45) is 0 Å². The average Bonchev–Trinajstić information content (AvgIpc) is 2.40. The summed E-state index contributed by atoms with van der Waals surface area (Å²) in [5.41, 5.74) is 0.841. The Morgan fingerprint density at radius 1 is 1.33 bits per heavy atom. The molecule has 2 aromatic rings. The van der Waals surface area contributed by atoms with Gasteiger partial charge < -0.3 is 4.90 Å². The SMILES string of the molecule is CCN(Cc1ccccn1)c1nc(Cl)ncc1F. The van der Waals surface area contributed by atoms with Crippen molar-refractivity contribution in [1.29, 1.82) is 0 Å². The maximum atomic E-state index is 13.7. The molecule has 0 bridgehead atoms. The molecule has 0 unspecified atom stereocenters. The fourth-order valence-corrected chi connectivity index (χ4v) is 1.71. The largest absolute Gasteiger partial charge is 0.348 e. The quantitative estimate of drug-likeness (QED) is 0.798. The van der Waals surface area contributed by atoms with Crippen LogP contribution >= 0.6 is 11.6 Å². The number of anilines is 1. The van der Waals surface area contributed by atoms with Gasteiger partial charge in [0.2, 0.25) is 5.28 Å². The number of rotatable bonds is 4. The van der Waals surface area contributed by atoms with Crippen LogP contribution < -0.4 is 4.90 Å². The van der Waals surface area contributed by atoms with Gasteiger partial charge in [0.1, 0.15) is 0 Å². The van der Waals surface area contributed by atoms with E-state index in [0.717, 1.165) is 11.9 Å². The molecule has 94 valence electrons. The van der Waals surface area contributed by atoms with Gasteiger partial charge in [0.25, 0.3) is 0 Å². The van der Waals surface area contributed by atoms with E-state index in [4.69, 9.17) is 11.6 Å². The zero-order valence-electron chi connectivity index (χ0n) is 9.85. The predicted octanol–water partition coefficient (Wildman–Crippen LogP) is 2.69. The molecule has 2 heterocycles. The van der Waals surface area contributed by atoms with E-state index in [0.29, 0.717) is 13.1 Å². The molecule has 4 nitrogen and oxygen atoms in total. The Bertz CT molecular complexity index is 521. The van der Waals surface area contributed by atoms with Gasteiger partial charge in [0.05, 0.1) is 18.4 Å². The average molecular weight is 267 g/mol. The highest BCUT2D eigenvalue weighted by molar-refractivity contribution is 6.28. The first kappa shape index (κ1) is 12.7. The predicted molar refractivity (Wildman–Crippen MR) is 68.0 cm³/mol. The number of hydrogen-bond acceptors (Lipinski definition) is 4. The Kier molecular flexibility index (Phi) is 4.04. The van der Waals surface area contributed by atoms with Crippen LogP contribution in [0.4, 0.5) is 10.2 Å². The van der Waals surface area contributed by atoms with Gasteiger partial charge in [-0.25, -0.2) is 9.37 Å². The number of nitrogens with zero attached hydrogens (tertiary/aromatic N) is 4. The van der Waals surface area contributed by atoms with Gasteiger partial charge in [-0.2, -0.15) is 4.98 Å². The summed E-state index contributed by atoms with van der Waals surface area (Å²) < 4.78 is 13.7. The van der Waals surface area contributed by atoms with E-state index >= 15 is 0 Å². The molecule has 2 rings (SSSR count).